The van der Waals surface area contributed by atoms with Crippen molar-refractivity contribution in [1.29, 1.82) is 0 Å². The summed E-state index contributed by atoms with van der Waals surface area (Å²) in [5, 5.41) is 4.25. The Kier molecular flexibility index (Phi) is 3.84. The van der Waals surface area contributed by atoms with Gasteiger partial charge in [0.05, 0.1) is 12.2 Å². The maximum Gasteiger partial charge on any atom is 0.310 e. The lowest BCUT2D eigenvalue weighted by Crippen LogP contribution is -2.42. The number of benzene rings is 1. The van der Waals surface area contributed by atoms with Gasteiger partial charge in [-0.25, -0.2) is 4.98 Å². The summed E-state index contributed by atoms with van der Waals surface area (Å²) in [6.45, 7) is 1.89. The Hall–Kier alpha value is -3.15. The first-order valence-corrected chi connectivity index (χ1v) is 10.6. The zero-order chi connectivity index (χ0) is 22.0. The first-order valence-electron chi connectivity index (χ1n) is 8.70. The topological polar surface area (TPSA) is 77.0 Å². The first kappa shape index (κ1) is 20.1. The van der Waals surface area contributed by atoms with Gasteiger partial charge in [-0.1, -0.05) is 19.4 Å². The van der Waals surface area contributed by atoms with Gasteiger partial charge in [0.2, 0.25) is 0 Å². The van der Waals surface area contributed by atoms with E-state index in [1.54, 1.807) is 19.1 Å². The van der Waals surface area contributed by atoms with Crippen LogP contribution in [0.4, 0.5) is 30.9 Å². The molecule has 1 amide bonds. The molecule has 1 aliphatic heterocycles. The third kappa shape index (κ3) is 3.47. The van der Waals surface area contributed by atoms with Gasteiger partial charge in [0.1, 0.15) is 16.4 Å². The normalized spacial score (nSPS) is 19.2. The number of pyridine rings is 1. The van der Waals surface area contributed by atoms with E-state index >= 15 is 0 Å². The van der Waals surface area contributed by atoms with Crippen molar-refractivity contribution in [1.82, 2.24) is 14.8 Å². The summed E-state index contributed by atoms with van der Waals surface area (Å²) >= 11 is 0. The molecule has 30 heavy (non-hydrogen) atoms. The van der Waals surface area contributed by atoms with Gasteiger partial charge in [-0.2, -0.15) is 5.10 Å². The second-order valence-electron chi connectivity index (χ2n) is 7.05. The third-order valence-corrected chi connectivity index (χ3v) is 5.96. The molecule has 2 N–H and O–H groups in total. The van der Waals surface area contributed by atoms with Gasteiger partial charge >= 0.3 is 10.2 Å². The van der Waals surface area contributed by atoms with Gasteiger partial charge in [-0.05, 0) is 48.9 Å². The Balaban J connectivity index is 1.75. The van der Waals surface area contributed by atoms with Crippen molar-refractivity contribution in [2.24, 2.45) is 0 Å². The number of nitrogen functional groups attached to an aromatic ring is 1. The van der Waals surface area contributed by atoms with Crippen LogP contribution in [0, 0.1) is 0 Å². The van der Waals surface area contributed by atoms with Crippen LogP contribution in [0.15, 0.2) is 53.7 Å². The van der Waals surface area contributed by atoms with Gasteiger partial charge in [0.25, 0.3) is 5.91 Å². The van der Waals surface area contributed by atoms with Gasteiger partial charge in [-0.15, -0.1) is 0 Å². The Bertz CT molecular complexity index is 1160. The molecule has 0 unspecified atom stereocenters. The molecule has 1 aliphatic rings. The lowest BCUT2D eigenvalue weighted by molar-refractivity contribution is 0.0954. The van der Waals surface area contributed by atoms with E-state index in [2.05, 4.69) is 10.1 Å². The molecule has 3 aromatic rings. The van der Waals surface area contributed by atoms with E-state index in [1.807, 2.05) is 0 Å². The van der Waals surface area contributed by atoms with E-state index in [0.29, 0.717) is 23.3 Å². The Morgan fingerprint density at radius 3 is 2.37 bits per heavy atom. The highest BCUT2D eigenvalue weighted by atomic mass is 32.5. The van der Waals surface area contributed by atoms with E-state index in [-0.39, 0.29) is 29.8 Å². The van der Waals surface area contributed by atoms with Crippen LogP contribution >= 0.6 is 10.2 Å². The number of fused-ring (bicyclic) bond motifs is 1. The second kappa shape index (κ2) is 5.72. The van der Waals surface area contributed by atoms with Crippen LogP contribution in [0.3, 0.4) is 0 Å². The number of carbonyl (C=O) groups excluding carboxylic acids is 1. The zero-order valence-electron chi connectivity index (χ0n) is 15.5. The predicted octanol–water partition coefficient (Wildman–Crippen LogP) is 5.41. The van der Waals surface area contributed by atoms with Crippen LogP contribution in [-0.2, 0) is 0 Å². The average molecular weight is 445 g/mol. The van der Waals surface area contributed by atoms with Crippen molar-refractivity contribution in [3.63, 3.8) is 0 Å². The minimum atomic E-state index is -9.79. The summed E-state index contributed by atoms with van der Waals surface area (Å²) in [5.74, 6) is -0.275. The molecule has 2 aromatic heterocycles. The minimum Gasteiger partial charge on any atom is -0.384 e. The Morgan fingerprint density at radius 2 is 1.77 bits per heavy atom. The molecular weight excluding hydrogens is 429 g/mol. The van der Waals surface area contributed by atoms with Gasteiger partial charge < -0.3 is 10.6 Å². The number of hydrogen-bond donors (Lipinski definition) is 1. The lowest BCUT2D eigenvalue weighted by Gasteiger charge is -2.40. The molecule has 4 rings (SSSR count). The molecule has 0 aliphatic carbocycles. The van der Waals surface area contributed by atoms with Crippen LogP contribution in [0.1, 0.15) is 23.5 Å². The number of hydrogen-bond acceptors (Lipinski definition) is 4. The van der Waals surface area contributed by atoms with Crippen molar-refractivity contribution >= 4 is 27.6 Å². The summed E-state index contributed by atoms with van der Waals surface area (Å²) in [4.78, 5) is 16.3. The number of halogens is 5. The van der Waals surface area contributed by atoms with Crippen molar-refractivity contribution in [3.8, 4) is 11.1 Å². The van der Waals surface area contributed by atoms with Crippen molar-refractivity contribution < 1.29 is 24.2 Å². The molecule has 0 fully saturated rings. The minimum absolute atomic E-state index is 0.0742. The third-order valence-electron chi connectivity index (χ3n) is 4.79. The van der Waals surface area contributed by atoms with E-state index < -0.39 is 21.0 Å². The van der Waals surface area contributed by atoms with Crippen LogP contribution in [0.25, 0.3) is 11.1 Å². The lowest BCUT2D eigenvalue weighted by atomic mass is 10.0. The molecule has 0 bridgehead atoms. The number of aromatic nitrogens is 3. The average Bonchev–Trinajstić information content (AvgIpc) is 3.09. The number of nitrogens with two attached hydrogens (primary N) is 1. The Labute approximate surface area is 167 Å². The van der Waals surface area contributed by atoms with Crippen LogP contribution < -0.4 is 10.6 Å². The fraction of sp³-hybridized carbons (Fsp3) is 0.167. The van der Waals surface area contributed by atoms with E-state index in [0.717, 1.165) is 12.1 Å². The summed E-state index contributed by atoms with van der Waals surface area (Å²) in [5.41, 5.74) is 7.08. The molecule has 0 saturated heterocycles. The highest BCUT2D eigenvalue weighted by molar-refractivity contribution is 8.45. The maximum absolute atomic E-state index is 13.2. The summed E-state index contributed by atoms with van der Waals surface area (Å²) in [7, 11) is -9.79. The van der Waals surface area contributed by atoms with Gasteiger partial charge in [0, 0.05) is 24.0 Å². The quantitative estimate of drug-likeness (QED) is 0.547. The molecule has 0 saturated carbocycles. The number of carbonyl (C=O) groups is 1. The molecule has 12 heteroatoms. The molecule has 1 atom stereocenters. The first-order chi connectivity index (χ1) is 13.7. The standard InChI is InChI=1S/C18H16F5N5OS/c1-11-10-27(13-2-4-14(5-3-13)30(19,20,21,22)23)18(29)17-15(9-26-28(11)17)12-6-7-25-16(24)8-12/h2-9,11H,10H2,1H3,(H2,24,25)/t11-/m0/s1. The summed E-state index contributed by atoms with van der Waals surface area (Å²) in [6, 6.07) is 5.24. The number of rotatable bonds is 3. The maximum atomic E-state index is 13.2. The zero-order valence-corrected chi connectivity index (χ0v) is 16.3. The monoisotopic (exact) mass is 445 g/mol. The van der Waals surface area contributed by atoms with Crippen molar-refractivity contribution in [2.45, 2.75) is 17.9 Å². The van der Waals surface area contributed by atoms with Crippen molar-refractivity contribution in [2.75, 3.05) is 17.2 Å². The fourth-order valence-electron chi connectivity index (χ4n) is 3.39. The van der Waals surface area contributed by atoms with Crippen LogP contribution in [0.5, 0.6) is 0 Å². The number of amides is 1. The SMILES string of the molecule is C[C@H]1CN(c2ccc(S(F)(F)(F)(F)F)cc2)C(=O)c2c(-c3ccnc(N)c3)cnn21. The van der Waals surface area contributed by atoms with E-state index in [1.165, 1.54) is 22.0 Å². The van der Waals surface area contributed by atoms with E-state index in [9.17, 15) is 24.2 Å². The molecule has 6 nitrogen and oxygen atoms in total. The number of anilines is 2. The van der Waals surface area contributed by atoms with Gasteiger partial charge in [0.15, 0.2) is 0 Å². The summed E-state index contributed by atoms with van der Waals surface area (Å²) < 4.78 is 66.4. The highest BCUT2D eigenvalue weighted by Gasteiger charge is 2.65. The fourth-order valence-corrected chi connectivity index (χ4v) is 4.05. The Morgan fingerprint density at radius 1 is 1.10 bits per heavy atom. The number of nitrogens with zero attached hydrogens (tertiary/aromatic N) is 4. The summed E-state index contributed by atoms with van der Waals surface area (Å²) in [6.07, 6.45) is 2.97. The van der Waals surface area contributed by atoms with Crippen molar-refractivity contribution in [3.05, 3.63) is 54.5 Å². The molecule has 160 valence electrons. The van der Waals surface area contributed by atoms with Crippen LogP contribution in [0.2, 0.25) is 0 Å². The molecule has 0 radical (unpaired) electrons. The predicted molar refractivity (Wildman–Crippen MR) is 104 cm³/mol. The molecule has 1 aromatic carbocycles. The molecule has 3 heterocycles. The largest absolute Gasteiger partial charge is 0.384 e. The van der Waals surface area contributed by atoms with Gasteiger partial charge in [-0.3, -0.25) is 9.48 Å². The van der Waals surface area contributed by atoms with Crippen LogP contribution in [-0.4, -0.2) is 27.2 Å². The molecular formula is C18H16F5N5OS. The molecule has 0 spiro atoms. The van der Waals surface area contributed by atoms with E-state index in [4.69, 9.17) is 5.73 Å². The second-order valence-corrected chi connectivity index (χ2v) is 9.46. The smallest absolute Gasteiger partial charge is 0.310 e. The highest BCUT2D eigenvalue weighted by Crippen LogP contribution is 3.02.